The van der Waals surface area contributed by atoms with E-state index in [9.17, 15) is 4.79 Å². The van der Waals surface area contributed by atoms with Gasteiger partial charge in [-0.3, -0.25) is 4.79 Å². The van der Waals surface area contributed by atoms with Crippen LogP contribution in [0.2, 0.25) is 0 Å². The van der Waals surface area contributed by atoms with Crippen molar-refractivity contribution in [2.24, 2.45) is 0 Å². The number of thioether (sulfide) groups is 1. The maximum atomic E-state index is 12.1. The molecule has 0 bridgehead atoms. The molecule has 0 aliphatic heterocycles. The van der Waals surface area contributed by atoms with E-state index in [0.717, 1.165) is 16.2 Å². The van der Waals surface area contributed by atoms with Crippen LogP contribution in [0, 0.1) is 20.8 Å². The zero-order valence-corrected chi connectivity index (χ0v) is 14.3. The predicted molar refractivity (Wildman–Crippen MR) is 92.2 cm³/mol. The van der Waals surface area contributed by atoms with Crippen LogP contribution in [0.3, 0.4) is 0 Å². The van der Waals surface area contributed by atoms with Gasteiger partial charge in [-0.25, -0.2) is 4.98 Å². The van der Waals surface area contributed by atoms with Crippen LogP contribution in [0.1, 0.15) is 35.2 Å². The molecule has 2 rings (SSSR count). The lowest BCUT2D eigenvalue weighted by Gasteiger charge is -2.15. The van der Waals surface area contributed by atoms with E-state index in [0.29, 0.717) is 5.75 Å². The summed E-state index contributed by atoms with van der Waals surface area (Å²) < 4.78 is 0. The quantitative estimate of drug-likeness (QED) is 0.849. The SMILES string of the molecule is Cc1ccc(SCC(=O)NC(C)c2ccc(C)c(C)c2)nc1. The number of carbonyl (C=O) groups excluding carboxylic acids is 1. The highest BCUT2D eigenvalue weighted by Crippen LogP contribution is 2.18. The van der Waals surface area contributed by atoms with Crippen molar-refractivity contribution < 1.29 is 4.79 Å². The van der Waals surface area contributed by atoms with Crippen LogP contribution in [0.15, 0.2) is 41.6 Å². The average Bonchev–Trinajstić information content (AvgIpc) is 2.49. The van der Waals surface area contributed by atoms with Gasteiger partial charge in [-0.1, -0.05) is 36.0 Å². The Balaban J connectivity index is 1.88. The Hall–Kier alpha value is -1.81. The molecule has 1 atom stereocenters. The minimum atomic E-state index is 0.0124. The minimum Gasteiger partial charge on any atom is -0.349 e. The molecule has 0 aliphatic rings. The van der Waals surface area contributed by atoms with E-state index in [-0.39, 0.29) is 11.9 Å². The zero-order chi connectivity index (χ0) is 16.1. The fourth-order valence-corrected chi connectivity index (χ4v) is 2.73. The molecule has 1 heterocycles. The zero-order valence-electron chi connectivity index (χ0n) is 13.5. The standard InChI is InChI=1S/C18H22N2OS/c1-12-5-8-18(19-10-12)22-11-17(21)20-15(4)16-7-6-13(2)14(3)9-16/h5-10,15H,11H2,1-4H3,(H,20,21). The number of carbonyl (C=O) groups is 1. The third-order valence-electron chi connectivity index (χ3n) is 3.64. The first-order valence-corrected chi connectivity index (χ1v) is 8.36. The predicted octanol–water partition coefficient (Wildman–Crippen LogP) is 3.98. The number of rotatable bonds is 5. The summed E-state index contributed by atoms with van der Waals surface area (Å²) in [6, 6.07) is 10.3. The Morgan fingerprint density at radius 3 is 2.59 bits per heavy atom. The van der Waals surface area contributed by atoms with Crippen molar-refractivity contribution in [3.05, 3.63) is 58.8 Å². The fourth-order valence-electron chi connectivity index (χ4n) is 2.08. The molecule has 3 nitrogen and oxygen atoms in total. The number of aromatic nitrogens is 1. The van der Waals surface area contributed by atoms with Gasteiger partial charge >= 0.3 is 0 Å². The van der Waals surface area contributed by atoms with Gasteiger partial charge in [-0.15, -0.1) is 0 Å². The van der Waals surface area contributed by atoms with Crippen molar-refractivity contribution in [3.8, 4) is 0 Å². The molecule has 2 aromatic rings. The van der Waals surface area contributed by atoms with Crippen LogP contribution in [-0.2, 0) is 4.79 Å². The highest BCUT2D eigenvalue weighted by molar-refractivity contribution is 7.99. The number of hydrogen-bond donors (Lipinski definition) is 1. The highest BCUT2D eigenvalue weighted by Gasteiger charge is 2.11. The van der Waals surface area contributed by atoms with E-state index in [1.165, 1.54) is 22.9 Å². The second kappa shape index (κ2) is 7.45. The summed E-state index contributed by atoms with van der Waals surface area (Å²) in [4.78, 5) is 16.4. The Morgan fingerprint density at radius 1 is 1.18 bits per heavy atom. The second-order valence-corrected chi connectivity index (χ2v) is 6.59. The summed E-state index contributed by atoms with van der Waals surface area (Å²) in [5.41, 5.74) is 4.77. The molecular formula is C18H22N2OS. The molecular weight excluding hydrogens is 292 g/mol. The van der Waals surface area contributed by atoms with Crippen LogP contribution >= 0.6 is 11.8 Å². The normalized spacial score (nSPS) is 12.0. The molecule has 4 heteroatoms. The van der Waals surface area contributed by atoms with Crippen molar-refractivity contribution in [1.29, 1.82) is 0 Å². The molecule has 0 radical (unpaired) electrons. The van der Waals surface area contributed by atoms with Crippen molar-refractivity contribution in [1.82, 2.24) is 10.3 Å². The molecule has 0 aliphatic carbocycles. The molecule has 1 aromatic carbocycles. The molecule has 1 unspecified atom stereocenters. The summed E-state index contributed by atoms with van der Waals surface area (Å²) in [7, 11) is 0. The van der Waals surface area contributed by atoms with E-state index in [1.54, 1.807) is 0 Å². The summed E-state index contributed by atoms with van der Waals surface area (Å²) in [5.74, 6) is 0.406. The van der Waals surface area contributed by atoms with Crippen molar-refractivity contribution in [2.75, 3.05) is 5.75 Å². The van der Waals surface area contributed by atoms with E-state index in [4.69, 9.17) is 0 Å². The van der Waals surface area contributed by atoms with Gasteiger partial charge in [0.05, 0.1) is 16.8 Å². The smallest absolute Gasteiger partial charge is 0.230 e. The summed E-state index contributed by atoms with van der Waals surface area (Å²) >= 11 is 1.46. The van der Waals surface area contributed by atoms with Gasteiger partial charge in [0.15, 0.2) is 0 Å². The number of amides is 1. The molecule has 0 saturated heterocycles. The van der Waals surface area contributed by atoms with Crippen LogP contribution in [-0.4, -0.2) is 16.6 Å². The Kier molecular flexibility index (Phi) is 5.61. The summed E-state index contributed by atoms with van der Waals surface area (Å²) in [5, 5.41) is 3.91. The van der Waals surface area contributed by atoms with Gasteiger partial charge in [0.2, 0.25) is 5.91 Å². The number of hydrogen-bond acceptors (Lipinski definition) is 3. The van der Waals surface area contributed by atoms with Crippen molar-refractivity contribution in [2.45, 2.75) is 38.8 Å². The number of nitrogens with zero attached hydrogens (tertiary/aromatic N) is 1. The monoisotopic (exact) mass is 314 g/mol. The number of benzene rings is 1. The minimum absolute atomic E-state index is 0.0124. The van der Waals surface area contributed by atoms with E-state index in [2.05, 4.69) is 42.3 Å². The van der Waals surface area contributed by atoms with E-state index in [1.807, 2.05) is 32.2 Å². The molecule has 0 fully saturated rings. The lowest BCUT2D eigenvalue weighted by atomic mass is 10.0. The van der Waals surface area contributed by atoms with Crippen LogP contribution in [0.4, 0.5) is 0 Å². The lowest BCUT2D eigenvalue weighted by Crippen LogP contribution is -2.28. The number of nitrogens with one attached hydrogen (secondary N) is 1. The van der Waals surface area contributed by atoms with Crippen molar-refractivity contribution >= 4 is 17.7 Å². The molecule has 1 amide bonds. The van der Waals surface area contributed by atoms with Gasteiger partial charge in [-0.2, -0.15) is 0 Å². The second-order valence-electron chi connectivity index (χ2n) is 5.60. The van der Waals surface area contributed by atoms with Gasteiger partial charge in [0.25, 0.3) is 0 Å². The number of pyridine rings is 1. The van der Waals surface area contributed by atoms with Crippen LogP contribution < -0.4 is 5.32 Å². The van der Waals surface area contributed by atoms with Crippen LogP contribution in [0.25, 0.3) is 0 Å². The first-order chi connectivity index (χ1) is 10.5. The Bertz CT molecular complexity index is 653. The third-order valence-corrected chi connectivity index (χ3v) is 4.59. The molecule has 1 N–H and O–H groups in total. The molecule has 0 saturated carbocycles. The summed E-state index contributed by atoms with van der Waals surface area (Å²) in [6.45, 7) is 8.19. The first-order valence-electron chi connectivity index (χ1n) is 7.37. The Morgan fingerprint density at radius 2 is 1.95 bits per heavy atom. The lowest BCUT2D eigenvalue weighted by molar-refractivity contribution is -0.119. The van der Waals surface area contributed by atoms with Gasteiger partial charge < -0.3 is 5.32 Å². The van der Waals surface area contributed by atoms with Crippen molar-refractivity contribution in [3.63, 3.8) is 0 Å². The maximum Gasteiger partial charge on any atom is 0.230 e. The first kappa shape index (κ1) is 16.6. The van der Waals surface area contributed by atoms with Crippen LogP contribution in [0.5, 0.6) is 0 Å². The number of aryl methyl sites for hydroxylation is 3. The van der Waals surface area contributed by atoms with E-state index < -0.39 is 0 Å². The van der Waals surface area contributed by atoms with Gasteiger partial charge in [0, 0.05) is 6.20 Å². The average molecular weight is 314 g/mol. The molecule has 22 heavy (non-hydrogen) atoms. The molecule has 116 valence electrons. The van der Waals surface area contributed by atoms with Gasteiger partial charge in [-0.05, 0) is 56.0 Å². The third kappa shape index (κ3) is 4.60. The Labute approximate surface area is 136 Å². The molecule has 0 spiro atoms. The highest BCUT2D eigenvalue weighted by atomic mass is 32.2. The maximum absolute atomic E-state index is 12.1. The molecule has 1 aromatic heterocycles. The topological polar surface area (TPSA) is 42.0 Å². The van der Waals surface area contributed by atoms with Gasteiger partial charge in [0.1, 0.15) is 0 Å². The fraction of sp³-hybridized carbons (Fsp3) is 0.333. The van der Waals surface area contributed by atoms with E-state index >= 15 is 0 Å². The largest absolute Gasteiger partial charge is 0.349 e. The summed E-state index contributed by atoms with van der Waals surface area (Å²) in [6.07, 6.45) is 1.82.